The van der Waals surface area contributed by atoms with Crippen LogP contribution < -0.4 is 0 Å². The van der Waals surface area contributed by atoms with Gasteiger partial charge in [0.1, 0.15) is 11.6 Å². The van der Waals surface area contributed by atoms with Gasteiger partial charge in [-0.15, -0.1) is 6.58 Å². The van der Waals surface area contributed by atoms with Gasteiger partial charge in [-0.25, -0.2) is 18.7 Å². The zero-order valence-corrected chi connectivity index (χ0v) is 15.6. The van der Waals surface area contributed by atoms with E-state index < -0.39 is 23.4 Å². The summed E-state index contributed by atoms with van der Waals surface area (Å²) in [6.07, 6.45) is 1.88. The van der Waals surface area contributed by atoms with Crippen LogP contribution in [0.25, 0.3) is 11.1 Å². The van der Waals surface area contributed by atoms with Gasteiger partial charge in [-0.3, -0.25) is 0 Å². The largest absolute Gasteiger partial charge is 0.419 e. The van der Waals surface area contributed by atoms with Gasteiger partial charge in [0.05, 0.1) is 5.56 Å². The van der Waals surface area contributed by atoms with Crippen molar-refractivity contribution in [2.75, 3.05) is 0 Å². The second-order valence-corrected chi connectivity index (χ2v) is 6.38. The highest BCUT2D eigenvalue weighted by Crippen LogP contribution is 2.34. The molecule has 0 radical (unpaired) electrons. The molecule has 0 aliphatic rings. The molecule has 0 spiro atoms. The molecule has 0 unspecified atom stereocenters. The van der Waals surface area contributed by atoms with Gasteiger partial charge in [0.25, 0.3) is 0 Å². The van der Waals surface area contributed by atoms with Crippen molar-refractivity contribution in [1.29, 1.82) is 0 Å². The average molecular weight is 414 g/mol. The number of benzene rings is 2. The summed E-state index contributed by atoms with van der Waals surface area (Å²) in [5.74, 6) is 3.52. The highest BCUT2D eigenvalue weighted by atomic mass is 19.4. The van der Waals surface area contributed by atoms with Crippen molar-refractivity contribution < 1.29 is 22.0 Å². The molecule has 7 heteroatoms. The van der Waals surface area contributed by atoms with E-state index in [4.69, 9.17) is 0 Å². The summed E-state index contributed by atoms with van der Waals surface area (Å²) in [4.78, 5) is 8.25. The second kappa shape index (κ2) is 8.87. The number of rotatable bonds is 4. The summed E-state index contributed by atoms with van der Waals surface area (Å²) in [6, 6.07) is 6.22. The smallest absolute Gasteiger partial charge is 0.229 e. The van der Waals surface area contributed by atoms with Crippen LogP contribution in [-0.2, 0) is 12.6 Å². The Bertz CT molecular complexity index is 1120. The highest BCUT2D eigenvalue weighted by Gasteiger charge is 2.34. The molecule has 3 aromatic rings. The number of allylic oxidation sites excluding steroid dienone is 1. The monoisotopic (exact) mass is 414 g/mol. The van der Waals surface area contributed by atoms with Crippen LogP contribution in [0.5, 0.6) is 0 Å². The van der Waals surface area contributed by atoms with E-state index in [1.807, 2.05) is 0 Å². The van der Waals surface area contributed by atoms with Crippen LogP contribution in [0.2, 0.25) is 0 Å². The number of hydrogen-bond donors (Lipinski definition) is 0. The Balaban J connectivity index is 1.80. The van der Waals surface area contributed by atoms with Crippen molar-refractivity contribution in [1.82, 2.24) is 9.97 Å². The lowest BCUT2D eigenvalue weighted by atomic mass is 10.0. The summed E-state index contributed by atoms with van der Waals surface area (Å²) in [5, 5.41) is 0. The van der Waals surface area contributed by atoms with Crippen LogP contribution in [0.15, 0.2) is 61.4 Å². The van der Waals surface area contributed by atoms with E-state index in [1.54, 1.807) is 18.5 Å². The second-order valence-electron chi connectivity index (χ2n) is 6.38. The van der Waals surface area contributed by atoms with E-state index in [1.165, 1.54) is 12.1 Å². The zero-order chi connectivity index (χ0) is 21.7. The maximum absolute atomic E-state index is 14.4. The van der Waals surface area contributed by atoms with Gasteiger partial charge >= 0.3 is 6.18 Å². The van der Waals surface area contributed by atoms with Gasteiger partial charge in [-0.2, -0.15) is 13.2 Å². The zero-order valence-electron chi connectivity index (χ0n) is 15.6. The number of alkyl halides is 3. The lowest BCUT2D eigenvalue weighted by molar-refractivity contribution is -0.139. The first kappa shape index (κ1) is 21.2. The van der Waals surface area contributed by atoms with Crippen molar-refractivity contribution in [3.8, 4) is 23.0 Å². The predicted molar refractivity (Wildman–Crippen MR) is 103 cm³/mol. The predicted octanol–water partition coefficient (Wildman–Crippen LogP) is 5.96. The van der Waals surface area contributed by atoms with Gasteiger partial charge in [0.15, 0.2) is 0 Å². The fourth-order valence-electron chi connectivity index (χ4n) is 2.68. The topological polar surface area (TPSA) is 25.8 Å². The Kier molecular flexibility index (Phi) is 6.26. The van der Waals surface area contributed by atoms with Crippen molar-refractivity contribution in [3.05, 3.63) is 95.6 Å². The van der Waals surface area contributed by atoms with Crippen molar-refractivity contribution in [3.63, 3.8) is 0 Å². The van der Waals surface area contributed by atoms with Gasteiger partial charge in [-0.05, 0) is 54.2 Å². The van der Waals surface area contributed by atoms with Gasteiger partial charge < -0.3 is 0 Å². The van der Waals surface area contributed by atoms with Gasteiger partial charge in [-0.1, -0.05) is 24.1 Å². The Hall–Kier alpha value is -3.53. The molecule has 152 valence electrons. The minimum atomic E-state index is -4.81. The summed E-state index contributed by atoms with van der Waals surface area (Å²) < 4.78 is 66.2. The van der Waals surface area contributed by atoms with Crippen LogP contribution in [-0.4, -0.2) is 9.97 Å². The normalized spacial score (nSPS) is 11.0. The third-order valence-electron chi connectivity index (χ3n) is 4.22. The van der Waals surface area contributed by atoms with Crippen molar-refractivity contribution >= 4 is 0 Å². The van der Waals surface area contributed by atoms with Crippen LogP contribution in [0, 0.1) is 23.5 Å². The first-order valence-corrected chi connectivity index (χ1v) is 8.88. The lowest BCUT2D eigenvalue weighted by Gasteiger charge is -2.10. The Morgan fingerprint density at radius 2 is 1.67 bits per heavy atom. The Morgan fingerprint density at radius 1 is 0.933 bits per heavy atom. The molecule has 0 aliphatic heterocycles. The van der Waals surface area contributed by atoms with Crippen LogP contribution in [0.3, 0.4) is 0 Å². The molecule has 0 bridgehead atoms. The van der Waals surface area contributed by atoms with E-state index in [0.29, 0.717) is 17.7 Å². The molecule has 1 aromatic heterocycles. The SMILES string of the molecule is C=CCCc1cnc(C#Cc2ccc(-c3ccc(C(F)(F)F)c(F)c3)c(F)c2)nc1. The van der Waals surface area contributed by atoms with Crippen LogP contribution in [0.4, 0.5) is 22.0 Å². The summed E-state index contributed by atoms with van der Waals surface area (Å²) >= 11 is 0. The highest BCUT2D eigenvalue weighted by molar-refractivity contribution is 5.66. The van der Waals surface area contributed by atoms with Crippen molar-refractivity contribution in [2.45, 2.75) is 19.0 Å². The Labute approximate surface area is 170 Å². The number of nitrogens with zero attached hydrogens (tertiary/aromatic N) is 2. The lowest BCUT2D eigenvalue weighted by Crippen LogP contribution is -2.07. The quantitative estimate of drug-likeness (QED) is 0.299. The third kappa shape index (κ3) is 5.09. The number of hydrogen-bond acceptors (Lipinski definition) is 2. The first-order chi connectivity index (χ1) is 14.3. The fourth-order valence-corrected chi connectivity index (χ4v) is 2.68. The maximum atomic E-state index is 14.4. The number of aryl methyl sites for hydroxylation is 1. The molecule has 0 saturated carbocycles. The van der Waals surface area contributed by atoms with E-state index in [-0.39, 0.29) is 17.0 Å². The molecule has 2 aromatic carbocycles. The van der Waals surface area contributed by atoms with E-state index in [0.717, 1.165) is 30.5 Å². The molecular weight excluding hydrogens is 399 g/mol. The molecule has 1 heterocycles. The summed E-state index contributed by atoms with van der Waals surface area (Å²) in [7, 11) is 0. The number of halogens is 5. The molecule has 0 N–H and O–H groups in total. The van der Waals surface area contributed by atoms with E-state index >= 15 is 0 Å². The molecule has 3 rings (SSSR count). The van der Waals surface area contributed by atoms with E-state index in [9.17, 15) is 22.0 Å². The van der Waals surface area contributed by atoms with Gasteiger partial charge in [0.2, 0.25) is 5.82 Å². The van der Waals surface area contributed by atoms with E-state index in [2.05, 4.69) is 28.4 Å². The minimum absolute atomic E-state index is 0.00374. The molecule has 0 aliphatic carbocycles. The minimum Gasteiger partial charge on any atom is -0.229 e. The van der Waals surface area contributed by atoms with Crippen LogP contribution in [0.1, 0.15) is 28.9 Å². The number of aromatic nitrogens is 2. The van der Waals surface area contributed by atoms with Crippen LogP contribution >= 0.6 is 0 Å². The summed E-state index contributed by atoms with van der Waals surface area (Å²) in [6.45, 7) is 3.65. The first-order valence-electron chi connectivity index (χ1n) is 8.88. The fraction of sp³-hybridized carbons (Fsp3) is 0.130. The molecule has 0 amide bonds. The average Bonchev–Trinajstić information content (AvgIpc) is 2.70. The molecule has 0 atom stereocenters. The van der Waals surface area contributed by atoms with Gasteiger partial charge in [0, 0.05) is 23.5 Å². The molecule has 2 nitrogen and oxygen atoms in total. The summed E-state index contributed by atoms with van der Waals surface area (Å²) in [5.41, 5.74) is -0.167. The maximum Gasteiger partial charge on any atom is 0.419 e. The molecule has 30 heavy (non-hydrogen) atoms. The molecular formula is C23H15F5N2. The Morgan fingerprint density at radius 3 is 2.27 bits per heavy atom. The molecule has 0 saturated heterocycles. The van der Waals surface area contributed by atoms with Crippen molar-refractivity contribution in [2.24, 2.45) is 0 Å². The third-order valence-corrected chi connectivity index (χ3v) is 4.22. The standard InChI is InChI=1S/C23H15F5N2/c1-2-3-4-16-13-29-22(30-14-16)10-6-15-5-8-18(20(24)11-15)17-7-9-19(21(25)12-17)23(26,27)28/h2,5,7-9,11-14H,1,3-4H2. The molecule has 0 fully saturated rings.